The molecule has 0 bridgehead atoms. The fourth-order valence-electron chi connectivity index (χ4n) is 12.1. The number of fused-ring (bicyclic) bond motifs is 9. The summed E-state index contributed by atoms with van der Waals surface area (Å²) in [5, 5.41) is 32.8. The third kappa shape index (κ3) is 11.1. The van der Waals surface area contributed by atoms with E-state index in [2.05, 4.69) is 10.3 Å². The number of rotatable bonds is 15. The van der Waals surface area contributed by atoms with Gasteiger partial charge in [0.25, 0.3) is 0 Å². The van der Waals surface area contributed by atoms with Gasteiger partial charge in [-0.3, -0.25) is 9.59 Å². The molecule has 486 valence electrons. The normalized spacial score (nSPS) is 18.5. The molecule has 6 aromatic carbocycles. The Bertz CT molecular complexity index is 5090. The molecule has 8 aromatic rings. The van der Waals surface area contributed by atoms with Crippen molar-refractivity contribution >= 4 is 96.4 Å². The number of nitrogens with one attached hydrogen (secondary N) is 1. The summed E-state index contributed by atoms with van der Waals surface area (Å²) < 4.78 is 97.2. The van der Waals surface area contributed by atoms with Gasteiger partial charge < -0.3 is 39.5 Å². The molecule has 26 heteroatoms. The number of aliphatic imine (C=N–C) groups is 1. The molecule has 2 aliphatic heterocycles. The van der Waals surface area contributed by atoms with Crippen molar-refractivity contribution in [1.82, 2.24) is 9.97 Å². The minimum Gasteiger partial charge on any atom is -0.458 e. The van der Waals surface area contributed by atoms with Crippen LogP contribution in [0.25, 0.3) is 22.3 Å². The second-order valence-corrected chi connectivity index (χ2v) is 24.8. The van der Waals surface area contributed by atoms with Crippen molar-refractivity contribution in [2.45, 2.75) is 43.7 Å². The number of hydrogen-bond acceptors (Lipinski definition) is 22. The van der Waals surface area contributed by atoms with Crippen LogP contribution in [-0.4, -0.2) is 57.2 Å². The first-order chi connectivity index (χ1) is 47.9. The first-order valence-electron chi connectivity index (χ1n) is 29.9. The zero-order chi connectivity index (χ0) is 69.0. The van der Waals surface area contributed by atoms with Crippen molar-refractivity contribution in [1.29, 1.82) is 15.8 Å². The summed E-state index contributed by atoms with van der Waals surface area (Å²) in [6.07, 6.45) is 6.37. The largest absolute Gasteiger partial charge is 0.458 e. The van der Waals surface area contributed by atoms with Crippen molar-refractivity contribution in [2.75, 3.05) is 5.32 Å². The monoisotopic (exact) mass is 1360 g/mol. The molecule has 3 N–H and O–H groups in total. The van der Waals surface area contributed by atoms with E-state index < -0.39 is 143 Å². The Kier molecular flexibility index (Phi) is 16.4. The molecule has 0 amide bonds. The number of nitriles is 3. The third-order valence-corrected chi connectivity index (χ3v) is 18.9. The number of carbonyl (C=O) groups is 6. The Morgan fingerprint density at radius 3 is 1.38 bits per heavy atom. The van der Waals surface area contributed by atoms with Gasteiger partial charge in [-0.05, 0) is 64.2 Å². The maximum absolute atomic E-state index is 15.4. The number of nitrogens with two attached hydrogens (primary N) is 1. The van der Waals surface area contributed by atoms with Gasteiger partial charge in [-0.15, -0.1) is 0 Å². The lowest BCUT2D eigenvalue weighted by molar-refractivity contribution is -0.191. The van der Waals surface area contributed by atoms with E-state index in [1.807, 2.05) is 0 Å². The summed E-state index contributed by atoms with van der Waals surface area (Å²) in [6.45, 7) is -1.66. The molecule has 20 nitrogen and oxygen atoms in total. The quantitative estimate of drug-likeness (QED) is 0.0317. The van der Waals surface area contributed by atoms with E-state index >= 15 is 23.6 Å². The second-order valence-electron chi connectivity index (χ2n) is 22.8. The van der Waals surface area contributed by atoms with Crippen molar-refractivity contribution in [3.05, 3.63) is 282 Å². The number of hydrogen-bond donors (Lipinski definition) is 2. The number of carbonyl (C=O) groups excluding carboxylic acids is 6. The van der Waals surface area contributed by atoms with Gasteiger partial charge in [-0.1, -0.05) is 156 Å². The van der Waals surface area contributed by atoms with Crippen LogP contribution in [0.15, 0.2) is 198 Å². The first kappa shape index (κ1) is 63.7. The molecule has 0 saturated heterocycles. The molecule has 0 saturated carbocycles. The SMILES string of the molecule is N#CC(C#N)=C1c2cc(F)c(F)cc2C(=O)C1Nc1nc2c(s1)C1=CC3C=C4OC(C(=O)OCc5ccccc5)(C(=O)OCc5ccccc5)c5nc(N=C6C(=O)c7cc(F)c(F)cc7/C6=C(/N)C#N)sc5C4=CC3C=C1OC2(C(=O)OCc1ccccc1)C(=O)OCc1ccccc1. The molecule has 2 aromatic heterocycles. The van der Waals surface area contributed by atoms with E-state index in [9.17, 15) is 38.5 Å². The molecular weight excluding hydrogens is 1320 g/mol. The number of halogens is 4. The highest BCUT2D eigenvalue weighted by atomic mass is 32.1. The van der Waals surface area contributed by atoms with Crippen molar-refractivity contribution in [3.63, 3.8) is 0 Å². The molecule has 14 rings (SSSR count). The van der Waals surface area contributed by atoms with Crippen molar-refractivity contribution in [3.8, 4) is 18.2 Å². The summed E-state index contributed by atoms with van der Waals surface area (Å²) in [5.41, 5.74) is -2.21. The second kappa shape index (κ2) is 25.5. The molecule has 3 atom stereocenters. The van der Waals surface area contributed by atoms with Crippen LogP contribution < -0.4 is 11.1 Å². The average Bonchev–Trinajstić information content (AvgIpc) is 1.66. The molecule has 4 aliphatic carbocycles. The molecule has 0 radical (unpaired) electrons. The van der Waals surface area contributed by atoms with Crippen LogP contribution in [0.5, 0.6) is 0 Å². The molecule has 6 aliphatic rings. The number of esters is 4. The number of ketones is 2. The van der Waals surface area contributed by atoms with E-state index in [1.165, 1.54) is 0 Å². The maximum Gasteiger partial charge on any atom is 0.369 e. The van der Waals surface area contributed by atoms with E-state index in [1.54, 1.807) is 164 Å². The lowest BCUT2D eigenvalue weighted by atomic mass is 9.76. The van der Waals surface area contributed by atoms with Gasteiger partial charge in [0.05, 0.1) is 9.75 Å². The minimum atomic E-state index is -2.97. The minimum absolute atomic E-state index is 0.00237. The summed E-state index contributed by atoms with van der Waals surface area (Å²) in [7, 11) is 0. The van der Waals surface area contributed by atoms with Gasteiger partial charge in [0.1, 0.15) is 90.6 Å². The Morgan fingerprint density at radius 1 is 0.545 bits per heavy atom. The van der Waals surface area contributed by atoms with Gasteiger partial charge in [0.15, 0.2) is 34.2 Å². The number of anilines is 1. The number of ether oxygens (including phenoxy) is 6. The first-order valence-corrected chi connectivity index (χ1v) is 31.6. The van der Waals surface area contributed by atoms with Gasteiger partial charge in [-0.2, -0.15) is 15.8 Å². The average molecular weight is 1360 g/mol. The predicted molar refractivity (Wildman–Crippen MR) is 345 cm³/mol. The zero-order valence-corrected chi connectivity index (χ0v) is 52.3. The molecule has 0 fully saturated rings. The molecule has 3 unspecified atom stereocenters. The van der Waals surface area contributed by atoms with Crippen LogP contribution >= 0.6 is 22.7 Å². The van der Waals surface area contributed by atoms with Crippen LogP contribution in [0.2, 0.25) is 0 Å². The Morgan fingerprint density at radius 2 is 0.949 bits per heavy atom. The highest BCUT2D eigenvalue weighted by Crippen LogP contribution is 2.56. The predicted octanol–water partition coefficient (Wildman–Crippen LogP) is 11.7. The number of nitrogens with zero attached hydrogens (tertiary/aromatic N) is 6. The smallest absolute Gasteiger partial charge is 0.369 e. The Hall–Kier alpha value is -12.7. The summed E-state index contributed by atoms with van der Waals surface area (Å²) in [4.78, 5) is 104. The Labute approximate surface area is 565 Å². The van der Waals surface area contributed by atoms with Crippen molar-refractivity contribution in [2.24, 2.45) is 22.6 Å². The molecule has 4 heterocycles. The lowest BCUT2D eigenvalue weighted by Crippen LogP contribution is -2.51. The Balaban J connectivity index is 0.942. The van der Waals surface area contributed by atoms with E-state index in [4.69, 9.17) is 44.1 Å². The van der Waals surface area contributed by atoms with Crippen LogP contribution in [-0.2, 0) is 85.2 Å². The highest BCUT2D eigenvalue weighted by molar-refractivity contribution is 7.17. The topological polar surface area (TPSA) is 305 Å². The van der Waals surface area contributed by atoms with Crippen LogP contribution in [0, 0.1) is 69.1 Å². The zero-order valence-electron chi connectivity index (χ0n) is 50.7. The van der Waals surface area contributed by atoms with Crippen LogP contribution in [0.4, 0.5) is 27.8 Å². The van der Waals surface area contributed by atoms with Gasteiger partial charge >= 0.3 is 35.1 Å². The lowest BCUT2D eigenvalue weighted by Gasteiger charge is -2.40. The number of benzene rings is 6. The fraction of sp³-hybridized carbons (Fsp3) is 0.123. The molecule has 99 heavy (non-hydrogen) atoms. The number of Topliss-reactive ketones (excluding diaryl/α,β-unsaturated/α-hetero) is 2. The molecule has 0 spiro atoms. The maximum atomic E-state index is 15.4. The van der Waals surface area contributed by atoms with E-state index in [-0.39, 0.29) is 76.1 Å². The standard InChI is InChI=1S/C73H42F4N8O12S2/c74-49-25-43-45(27-51(49)76)60(86)58(56(43)42(29-78)30-79)82-70-84-64-62(98-70)47-21-40-24-55-48(22-41(40)23-54(47)96-72(64,66(88)92-32-36-13-5-1-6-14-36)67(89)93-33-37-15-7-2-8-16-37)63-65(85-71(99-63)83-59-57(53(81)31-80)44-26-50(75)52(77)28-46(44)61(59)87)73(97-55,68(90)94-34-38-17-9-3-10-18-38)69(91)95-35-39-19-11-4-12-20-39/h1-28,40-41,58H,32-35,81H2,(H,82,84)/b57-53-,83-59?. The summed E-state index contributed by atoms with van der Waals surface area (Å²) >= 11 is 1.47. The van der Waals surface area contributed by atoms with Crippen molar-refractivity contribution < 1.29 is 74.8 Å². The number of allylic oxidation sites excluding steroid dienone is 9. The third-order valence-electron chi connectivity index (χ3n) is 16.9. The van der Waals surface area contributed by atoms with Gasteiger partial charge in [-0.25, -0.2) is 51.7 Å². The molecular formula is C73H42F4N8O12S2. The summed E-state index contributed by atoms with van der Waals surface area (Å²) in [6, 6.07) is 39.8. The number of aromatic nitrogens is 2. The fourth-order valence-corrected chi connectivity index (χ4v) is 14.2. The van der Waals surface area contributed by atoms with E-state index in [0.29, 0.717) is 57.9 Å². The summed E-state index contributed by atoms with van der Waals surface area (Å²) in [5.74, 6) is -14.8. The van der Waals surface area contributed by atoms with Gasteiger partial charge in [0, 0.05) is 50.8 Å². The number of thiazole rings is 2. The van der Waals surface area contributed by atoms with Crippen LogP contribution in [0.3, 0.4) is 0 Å². The van der Waals surface area contributed by atoms with E-state index in [0.717, 1.165) is 11.3 Å². The van der Waals surface area contributed by atoms with Crippen LogP contribution in [0.1, 0.15) is 75.2 Å². The van der Waals surface area contributed by atoms with Gasteiger partial charge in [0.2, 0.25) is 10.9 Å². The highest BCUT2D eigenvalue weighted by Gasteiger charge is 2.63.